The van der Waals surface area contributed by atoms with Crippen molar-refractivity contribution < 1.29 is 4.79 Å². The summed E-state index contributed by atoms with van der Waals surface area (Å²) in [6, 6.07) is 0. The second-order valence-electron chi connectivity index (χ2n) is 6.14. The highest BCUT2D eigenvalue weighted by atomic mass is 35.5. The Hall–Kier alpha value is -1.11. The predicted octanol–water partition coefficient (Wildman–Crippen LogP) is 1.82. The molecular formula is C15H21ClN4OS. The van der Waals surface area contributed by atoms with Crippen molar-refractivity contribution in [2.45, 2.75) is 19.3 Å². The van der Waals surface area contributed by atoms with Gasteiger partial charge in [0.25, 0.3) is 0 Å². The normalized spacial score (nSPS) is 24.8. The summed E-state index contributed by atoms with van der Waals surface area (Å²) in [5, 5.41) is 5.48. The second-order valence-corrected chi connectivity index (χ2v) is 7.01. The van der Waals surface area contributed by atoms with E-state index in [1.165, 1.54) is 0 Å². The van der Waals surface area contributed by atoms with Crippen LogP contribution in [0, 0.1) is 11.8 Å². The number of nitrogens with zero attached hydrogens (tertiary/aromatic N) is 3. The molecule has 2 saturated heterocycles. The van der Waals surface area contributed by atoms with E-state index in [1.807, 2.05) is 27.1 Å². The van der Waals surface area contributed by atoms with Crippen LogP contribution >= 0.6 is 23.7 Å². The molecule has 0 radical (unpaired) electrons. The first kappa shape index (κ1) is 15.8. The van der Waals surface area contributed by atoms with E-state index in [0.717, 1.165) is 61.5 Å². The zero-order chi connectivity index (χ0) is 14.2. The van der Waals surface area contributed by atoms with Crippen LogP contribution in [0.3, 0.4) is 0 Å². The van der Waals surface area contributed by atoms with Crippen molar-refractivity contribution >= 4 is 34.6 Å². The molecule has 1 N–H and O–H groups in total. The van der Waals surface area contributed by atoms with Gasteiger partial charge in [-0.3, -0.25) is 9.20 Å². The van der Waals surface area contributed by atoms with E-state index in [2.05, 4.69) is 10.3 Å². The number of carbonyl (C=O) groups is 1. The van der Waals surface area contributed by atoms with Crippen LogP contribution in [0.2, 0.25) is 0 Å². The number of rotatable bonds is 2. The number of imidazole rings is 1. The van der Waals surface area contributed by atoms with Gasteiger partial charge in [-0.2, -0.15) is 0 Å². The first-order valence-corrected chi connectivity index (χ1v) is 8.57. The number of thiazole rings is 1. The van der Waals surface area contributed by atoms with Gasteiger partial charge in [-0.1, -0.05) is 0 Å². The van der Waals surface area contributed by atoms with Gasteiger partial charge >= 0.3 is 0 Å². The molecule has 1 amide bonds. The Balaban J connectivity index is 0.00000144. The largest absolute Gasteiger partial charge is 0.342 e. The second kappa shape index (κ2) is 6.56. The molecule has 22 heavy (non-hydrogen) atoms. The quantitative estimate of drug-likeness (QED) is 0.907. The topological polar surface area (TPSA) is 49.6 Å². The summed E-state index contributed by atoms with van der Waals surface area (Å²) >= 11 is 1.61. The van der Waals surface area contributed by atoms with E-state index in [4.69, 9.17) is 0 Å². The van der Waals surface area contributed by atoms with Crippen molar-refractivity contribution in [1.82, 2.24) is 19.6 Å². The van der Waals surface area contributed by atoms with Crippen molar-refractivity contribution in [3.05, 3.63) is 23.5 Å². The van der Waals surface area contributed by atoms with Gasteiger partial charge in [-0.25, -0.2) is 4.98 Å². The molecule has 0 saturated carbocycles. The minimum atomic E-state index is 0. The average molecular weight is 341 g/mol. The molecule has 4 heterocycles. The molecule has 5 nitrogen and oxygen atoms in total. The SMILES string of the molecule is Cl.O=C(Cc1cn2ccsc2n1)N1CC[C@@H]2CNC[C@@H]2CC1. The van der Waals surface area contributed by atoms with E-state index < -0.39 is 0 Å². The van der Waals surface area contributed by atoms with Crippen LogP contribution in [-0.2, 0) is 11.2 Å². The molecule has 0 spiro atoms. The number of hydrogen-bond acceptors (Lipinski definition) is 4. The summed E-state index contributed by atoms with van der Waals surface area (Å²) in [6.45, 7) is 4.07. The molecule has 4 rings (SSSR count). The molecule has 0 unspecified atom stereocenters. The molecule has 120 valence electrons. The molecule has 0 bridgehead atoms. The lowest BCUT2D eigenvalue weighted by molar-refractivity contribution is -0.130. The number of aromatic nitrogens is 2. The molecule has 2 aliphatic rings. The van der Waals surface area contributed by atoms with Gasteiger partial charge in [-0.05, 0) is 37.8 Å². The Morgan fingerprint density at radius 1 is 1.32 bits per heavy atom. The standard InChI is InChI=1S/C15H20N4OS.ClH/c20-14(7-13-10-19-5-6-21-15(19)17-13)18-3-1-11-8-16-9-12(11)2-4-18;/h5-6,10-12,16H,1-4,7-9H2;1H/t11-,12+;. The molecule has 2 aromatic heterocycles. The van der Waals surface area contributed by atoms with Crippen molar-refractivity contribution in [2.24, 2.45) is 11.8 Å². The highest BCUT2D eigenvalue weighted by molar-refractivity contribution is 7.15. The van der Waals surface area contributed by atoms with Gasteiger partial charge < -0.3 is 10.2 Å². The van der Waals surface area contributed by atoms with Gasteiger partial charge in [0.1, 0.15) is 0 Å². The lowest BCUT2D eigenvalue weighted by atomic mass is 9.92. The fraction of sp³-hybridized carbons (Fsp3) is 0.600. The Morgan fingerprint density at radius 3 is 2.73 bits per heavy atom. The Kier molecular flexibility index (Phi) is 4.70. The highest BCUT2D eigenvalue weighted by Crippen LogP contribution is 2.27. The smallest absolute Gasteiger partial charge is 0.228 e. The monoisotopic (exact) mass is 340 g/mol. The number of fused-ring (bicyclic) bond motifs is 2. The van der Waals surface area contributed by atoms with Crippen LogP contribution in [0.4, 0.5) is 0 Å². The summed E-state index contributed by atoms with van der Waals surface area (Å²) in [6.07, 6.45) is 6.67. The number of nitrogens with one attached hydrogen (secondary N) is 1. The summed E-state index contributed by atoms with van der Waals surface area (Å²) in [7, 11) is 0. The number of likely N-dealkylation sites (tertiary alicyclic amines) is 1. The third-order valence-corrected chi connectivity index (χ3v) is 5.62. The van der Waals surface area contributed by atoms with Gasteiger partial charge in [-0.15, -0.1) is 23.7 Å². The zero-order valence-corrected chi connectivity index (χ0v) is 14.0. The maximum Gasteiger partial charge on any atom is 0.228 e. The fourth-order valence-corrected chi connectivity index (χ4v) is 4.31. The van der Waals surface area contributed by atoms with E-state index in [0.29, 0.717) is 6.42 Å². The molecule has 2 aliphatic heterocycles. The fourth-order valence-electron chi connectivity index (χ4n) is 3.60. The van der Waals surface area contributed by atoms with Crippen molar-refractivity contribution in [1.29, 1.82) is 0 Å². The third-order valence-electron chi connectivity index (χ3n) is 4.85. The van der Waals surface area contributed by atoms with Gasteiger partial charge in [0, 0.05) is 30.9 Å². The first-order chi connectivity index (χ1) is 10.3. The maximum atomic E-state index is 12.5. The third kappa shape index (κ3) is 3.00. The number of carbonyl (C=O) groups excluding carboxylic acids is 1. The lowest BCUT2D eigenvalue weighted by Gasteiger charge is -2.20. The van der Waals surface area contributed by atoms with Crippen LogP contribution < -0.4 is 5.32 Å². The van der Waals surface area contributed by atoms with Crippen molar-refractivity contribution in [3.8, 4) is 0 Å². The summed E-state index contributed by atoms with van der Waals surface area (Å²) < 4.78 is 1.99. The number of hydrogen-bond donors (Lipinski definition) is 1. The van der Waals surface area contributed by atoms with Crippen LogP contribution in [0.15, 0.2) is 17.8 Å². The van der Waals surface area contributed by atoms with Gasteiger partial charge in [0.2, 0.25) is 5.91 Å². The van der Waals surface area contributed by atoms with Crippen molar-refractivity contribution in [3.63, 3.8) is 0 Å². The van der Waals surface area contributed by atoms with Crippen molar-refractivity contribution in [2.75, 3.05) is 26.2 Å². The summed E-state index contributed by atoms with van der Waals surface area (Å²) in [4.78, 5) is 20.0. The summed E-state index contributed by atoms with van der Waals surface area (Å²) in [5.74, 6) is 1.76. The molecule has 0 aliphatic carbocycles. The highest BCUT2D eigenvalue weighted by Gasteiger charge is 2.31. The maximum absolute atomic E-state index is 12.5. The van der Waals surface area contributed by atoms with E-state index >= 15 is 0 Å². The molecule has 2 fully saturated rings. The molecule has 7 heteroatoms. The molecule has 0 aromatic carbocycles. The predicted molar refractivity (Wildman–Crippen MR) is 89.7 cm³/mol. The van der Waals surface area contributed by atoms with Crippen LogP contribution in [0.25, 0.3) is 4.96 Å². The van der Waals surface area contributed by atoms with Crippen LogP contribution in [-0.4, -0.2) is 46.4 Å². The first-order valence-electron chi connectivity index (χ1n) is 7.69. The molecule has 2 aromatic rings. The van der Waals surface area contributed by atoms with Crippen LogP contribution in [0.5, 0.6) is 0 Å². The average Bonchev–Trinajstić information content (AvgIpc) is 3.12. The number of halogens is 1. The van der Waals surface area contributed by atoms with E-state index in [9.17, 15) is 4.79 Å². The lowest BCUT2D eigenvalue weighted by Crippen LogP contribution is -2.34. The zero-order valence-electron chi connectivity index (χ0n) is 12.4. The summed E-state index contributed by atoms with van der Waals surface area (Å²) in [5.41, 5.74) is 0.887. The van der Waals surface area contributed by atoms with Crippen LogP contribution in [0.1, 0.15) is 18.5 Å². The Labute approximate surface area is 140 Å². The minimum Gasteiger partial charge on any atom is -0.342 e. The molecular weight excluding hydrogens is 320 g/mol. The Bertz CT molecular complexity index is 612. The Morgan fingerprint density at radius 2 is 2.05 bits per heavy atom. The van der Waals surface area contributed by atoms with Gasteiger partial charge in [0.15, 0.2) is 4.96 Å². The minimum absolute atomic E-state index is 0. The van der Waals surface area contributed by atoms with E-state index in [-0.39, 0.29) is 18.3 Å². The van der Waals surface area contributed by atoms with Gasteiger partial charge in [0.05, 0.1) is 12.1 Å². The molecule has 2 atom stereocenters. The number of amides is 1. The van der Waals surface area contributed by atoms with E-state index in [1.54, 1.807) is 11.3 Å².